The lowest BCUT2D eigenvalue weighted by Crippen LogP contribution is -1.70. The lowest BCUT2D eigenvalue weighted by Gasteiger charge is -1.69. The van der Waals surface area contributed by atoms with Gasteiger partial charge in [-0.15, -0.1) is 11.2 Å². The number of hydrogen-bond donors (Lipinski definition) is 0. The lowest BCUT2D eigenvalue weighted by atomic mass is 10.4. The third-order valence-corrected chi connectivity index (χ3v) is 2.52. The largest absolute Gasteiger partial charge is 0.134 e. The first-order valence-electron chi connectivity index (χ1n) is 2.34. The van der Waals surface area contributed by atoms with Gasteiger partial charge in [0.1, 0.15) is 0 Å². The van der Waals surface area contributed by atoms with Crippen LogP contribution in [0.5, 0.6) is 0 Å². The van der Waals surface area contributed by atoms with Crippen molar-refractivity contribution in [2.45, 2.75) is 6.42 Å². The molecule has 1 aliphatic heterocycles. The molecule has 32 valence electrons. The predicted octanol–water partition coefficient (Wildman–Crippen LogP) is 1.33. The van der Waals surface area contributed by atoms with Crippen LogP contribution in [0.25, 0.3) is 0 Å². The highest BCUT2D eigenvalue weighted by Crippen LogP contribution is 2.43. The van der Waals surface area contributed by atoms with Crippen molar-refractivity contribution in [1.82, 2.24) is 0 Å². The van der Waals surface area contributed by atoms with E-state index in [-0.39, 0.29) is 0 Å². The Bertz CT molecular complexity index is 129. The fourth-order valence-corrected chi connectivity index (χ4v) is 2.02. The van der Waals surface area contributed by atoms with E-state index in [4.69, 9.17) is 0 Å². The molecular formula is C5H6S. The van der Waals surface area contributed by atoms with Crippen LogP contribution in [0.2, 0.25) is 0 Å². The van der Waals surface area contributed by atoms with Crippen molar-refractivity contribution in [1.29, 1.82) is 0 Å². The van der Waals surface area contributed by atoms with E-state index >= 15 is 0 Å². The summed E-state index contributed by atoms with van der Waals surface area (Å²) in [7, 11) is 0. The maximum absolute atomic E-state index is 3.31. The first-order chi connectivity index (χ1) is 2.97. The van der Waals surface area contributed by atoms with Gasteiger partial charge in [-0.3, -0.25) is 0 Å². The Morgan fingerprint density at radius 2 is 2.67 bits per heavy atom. The molecule has 1 aliphatic carbocycles. The number of fused-ring (bicyclic) bond motifs is 1. The highest BCUT2D eigenvalue weighted by molar-refractivity contribution is 7.88. The third-order valence-electron chi connectivity index (χ3n) is 1.45. The second-order valence-electron chi connectivity index (χ2n) is 2.03. The van der Waals surface area contributed by atoms with Crippen LogP contribution in [-0.4, -0.2) is 5.75 Å². The summed E-state index contributed by atoms with van der Waals surface area (Å²) in [4.78, 5) is 0. The van der Waals surface area contributed by atoms with Crippen LogP contribution < -0.4 is 0 Å². The quantitative estimate of drug-likeness (QED) is 0.429. The Kier molecular flexibility index (Phi) is 0.408. The molecule has 1 fully saturated rings. The van der Waals surface area contributed by atoms with Crippen LogP contribution in [0, 0.1) is 17.0 Å². The first-order valence-corrected chi connectivity index (χ1v) is 3.33. The molecular weight excluding hydrogens is 92.1 g/mol. The smallest absolute Gasteiger partial charge is 0.0267 e. The van der Waals surface area contributed by atoms with Crippen molar-refractivity contribution in [3.63, 3.8) is 0 Å². The lowest BCUT2D eigenvalue weighted by molar-refractivity contribution is 0.951. The van der Waals surface area contributed by atoms with Gasteiger partial charge in [0, 0.05) is 11.7 Å². The normalized spacial score (nSPS) is 48.0. The Morgan fingerprint density at radius 1 is 1.67 bits per heavy atom. The van der Waals surface area contributed by atoms with Crippen LogP contribution in [0.15, 0.2) is 0 Å². The van der Waals surface area contributed by atoms with Gasteiger partial charge < -0.3 is 0 Å². The number of hydrogen-bond acceptors (Lipinski definition) is 0. The summed E-state index contributed by atoms with van der Waals surface area (Å²) in [6.07, 6.45) is 1.45. The molecule has 0 nitrogen and oxygen atoms in total. The van der Waals surface area contributed by atoms with E-state index in [1.807, 2.05) is 11.2 Å². The van der Waals surface area contributed by atoms with Gasteiger partial charge in [0.2, 0.25) is 0 Å². The topological polar surface area (TPSA) is 0 Å². The average molecular weight is 98.2 g/mol. The van der Waals surface area contributed by atoms with Gasteiger partial charge in [0.25, 0.3) is 0 Å². The summed E-state index contributed by atoms with van der Waals surface area (Å²) in [6, 6.07) is 0. The van der Waals surface area contributed by atoms with Gasteiger partial charge in [-0.05, 0) is 12.3 Å². The Labute approximate surface area is 41.1 Å². The highest BCUT2D eigenvalue weighted by Gasteiger charge is 2.37. The van der Waals surface area contributed by atoms with Crippen molar-refractivity contribution in [3.05, 3.63) is 0 Å². The molecule has 0 aromatic heterocycles. The summed E-state index contributed by atoms with van der Waals surface area (Å²) in [5.74, 6) is 3.36. The van der Waals surface area contributed by atoms with Gasteiger partial charge in [-0.2, -0.15) is 0 Å². The van der Waals surface area contributed by atoms with Crippen molar-refractivity contribution < 1.29 is 0 Å². The van der Waals surface area contributed by atoms with E-state index in [0.29, 0.717) is 0 Å². The second kappa shape index (κ2) is 0.800. The minimum absolute atomic E-state index is 0.926. The van der Waals surface area contributed by atoms with E-state index in [1.54, 1.807) is 0 Å². The Hall–Kier alpha value is 0. The van der Waals surface area contributed by atoms with E-state index in [1.165, 1.54) is 12.2 Å². The number of rotatable bonds is 0. The minimum Gasteiger partial charge on any atom is -0.134 e. The monoisotopic (exact) mass is 98.0 g/mol. The predicted molar refractivity (Wildman–Crippen MR) is 27.9 cm³/mol. The van der Waals surface area contributed by atoms with E-state index < -0.39 is 0 Å². The summed E-state index contributed by atoms with van der Waals surface area (Å²) >= 11 is 1.88. The molecule has 0 radical (unpaired) electrons. The molecule has 0 spiro atoms. The molecule has 1 heterocycles. The SMILES string of the molecule is C1#SCC2CC12. The summed E-state index contributed by atoms with van der Waals surface area (Å²) in [5.41, 5.74) is 0. The minimum atomic E-state index is 0.926. The molecule has 2 unspecified atom stereocenters. The maximum Gasteiger partial charge on any atom is 0.0267 e. The fourth-order valence-electron chi connectivity index (χ4n) is 0.838. The molecule has 1 saturated carbocycles. The van der Waals surface area contributed by atoms with Crippen LogP contribution >= 0.6 is 11.2 Å². The van der Waals surface area contributed by atoms with Gasteiger partial charge in [-0.1, -0.05) is 5.18 Å². The van der Waals surface area contributed by atoms with Gasteiger partial charge in [0.05, 0.1) is 0 Å². The van der Waals surface area contributed by atoms with Crippen LogP contribution in [0.4, 0.5) is 0 Å². The van der Waals surface area contributed by atoms with Crippen molar-refractivity contribution in [3.8, 4) is 5.18 Å². The second-order valence-corrected chi connectivity index (χ2v) is 2.89. The summed E-state index contributed by atoms with van der Waals surface area (Å²) in [6.45, 7) is 0. The molecule has 2 rings (SSSR count). The molecule has 0 bridgehead atoms. The molecule has 2 aliphatic rings. The third kappa shape index (κ3) is 0.250. The standard InChI is InChI=1S/C5H6S/c1-4-2-6-3-5(1)4/h4-5H,1-2H2. The molecule has 6 heavy (non-hydrogen) atoms. The molecule has 0 saturated heterocycles. The Morgan fingerprint density at radius 3 is 2.83 bits per heavy atom. The van der Waals surface area contributed by atoms with Crippen LogP contribution in [0.3, 0.4) is 0 Å². The van der Waals surface area contributed by atoms with Gasteiger partial charge >= 0.3 is 0 Å². The van der Waals surface area contributed by atoms with Crippen molar-refractivity contribution >= 4 is 11.2 Å². The van der Waals surface area contributed by atoms with Gasteiger partial charge in [0.15, 0.2) is 0 Å². The molecule has 0 aromatic carbocycles. The van der Waals surface area contributed by atoms with Crippen molar-refractivity contribution in [2.24, 2.45) is 11.8 Å². The maximum atomic E-state index is 3.31. The first kappa shape index (κ1) is 3.06. The van der Waals surface area contributed by atoms with E-state index in [2.05, 4.69) is 5.18 Å². The average Bonchev–Trinajstić information content (AvgIpc) is 2.17. The zero-order chi connectivity index (χ0) is 3.98. The van der Waals surface area contributed by atoms with Crippen molar-refractivity contribution in [2.75, 3.05) is 5.75 Å². The molecule has 0 N–H and O–H groups in total. The summed E-state index contributed by atoms with van der Waals surface area (Å²) < 4.78 is 0. The molecule has 0 aromatic rings. The van der Waals surface area contributed by atoms with E-state index in [9.17, 15) is 0 Å². The fraction of sp³-hybridized carbons (Fsp3) is 0.800. The molecule has 0 amide bonds. The van der Waals surface area contributed by atoms with Crippen LogP contribution in [-0.2, 0) is 0 Å². The van der Waals surface area contributed by atoms with Crippen LogP contribution in [0.1, 0.15) is 6.42 Å². The van der Waals surface area contributed by atoms with E-state index in [0.717, 1.165) is 11.8 Å². The Balaban J connectivity index is 2.33. The molecule has 2 atom stereocenters. The zero-order valence-corrected chi connectivity index (χ0v) is 4.29. The summed E-state index contributed by atoms with van der Waals surface area (Å²) in [5, 5.41) is 3.31. The molecule has 1 heteroatoms. The highest BCUT2D eigenvalue weighted by atomic mass is 32.1. The van der Waals surface area contributed by atoms with Gasteiger partial charge in [-0.25, -0.2) is 0 Å². The zero-order valence-electron chi connectivity index (χ0n) is 3.48.